The highest BCUT2D eigenvalue weighted by Crippen LogP contribution is 2.30. The van der Waals surface area contributed by atoms with E-state index in [1.807, 2.05) is 43.0 Å². The van der Waals surface area contributed by atoms with Gasteiger partial charge in [-0.3, -0.25) is 4.79 Å². The molecule has 0 aromatic heterocycles. The van der Waals surface area contributed by atoms with Gasteiger partial charge in [-0.25, -0.2) is 0 Å². The molecule has 0 saturated carbocycles. The first-order valence-corrected chi connectivity index (χ1v) is 9.50. The Morgan fingerprint density at radius 1 is 1.19 bits per heavy atom. The lowest BCUT2D eigenvalue weighted by Gasteiger charge is -2.38. The summed E-state index contributed by atoms with van der Waals surface area (Å²) in [6.07, 6.45) is 2.00. The summed E-state index contributed by atoms with van der Waals surface area (Å²) in [5, 5.41) is 0. The number of nitrogens with zero attached hydrogens (tertiary/aromatic N) is 1. The van der Waals surface area contributed by atoms with Crippen molar-refractivity contribution in [3.05, 3.63) is 29.8 Å². The van der Waals surface area contributed by atoms with Crippen LogP contribution in [0.5, 0.6) is 5.75 Å². The van der Waals surface area contributed by atoms with E-state index in [4.69, 9.17) is 10.5 Å². The molecule has 0 aliphatic carbocycles. The molecule has 1 aromatic carbocycles. The Hall–Kier alpha value is -1.26. The Kier molecular flexibility index (Phi) is 8.42. The van der Waals surface area contributed by atoms with Crippen LogP contribution < -0.4 is 10.5 Å². The van der Waals surface area contributed by atoms with E-state index in [1.54, 1.807) is 0 Å². The van der Waals surface area contributed by atoms with Crippen LogP contribution in [-0.2, 0) is 10.2 Å². The number of carbonyl (C=O) groups is 1. The van der Waals surface area contributed by atoms with E-state index in [1.165, 1.54) is 0 Å². The molecule has 1 aliphatic rings. The zero-order valence-electron chi connectivity index (χ0n) is 16.8. The Labute approximate surface area is 164 Å². The SMILES string of the molecule is CC(C)COc1ccc(C(C)(C)C(=O)N2CCC(C(C)N)CC2)cc1.Cl. The van der Waals surface area contributed by atoms with Crippen LogP contribution in [0.25, 0.3) is 0 Å². The van der Waals surface area contributed by atoms with Crippen molar-refractivity contribution in [1.29, 1.82) is 0 Å². The summed E-state index contributed by atoms with van der Waals surface area (Å²) in [7, 11) is 0. The van der Waals surface area contributed by atoms with Crippen molar-refractivity contribution < 1.29 is 9.53 Å². The lowest BCUT2D eigenvalue weighted by atomic mass is 9.82. The number of likely N-dealkylation sites (tertiary alicyclic amines) is 1. The van der Waals surface area contributed by atoms with Gasteiger partial charge in [0.2, 0.25) is 5.91 Å². The molecule has 0 radical (unpaired) electrons. The maximum Gasteiger partial charge on any atom is 0.232 e. The molecule has 1 atom stereocenters. The Bertz CT molecular complexity index is 562. The normalized spacial score (nSPS) is 17.0. The van der Waals surface area contributed by atoms with Gasteiger partial charge >= 0.3 is 0 Å². The number of hydrogen-bond acceptors (Lipinski definition) is 3. The molecule has 1 aliphatic heterocycles. The average Bonchev–Trinajstić information content (AvgIpc) is 2.59. The Morgan fingerprint density at radius 3 is 2.19 bits per heavy atom. The fraction of sp³-hybridized carbons (Fsp3) is 0.667. The van der Waals surface area contributed by atoms with E-state index in [-0.39, 0.29) is 24.4 Å². The van der Waals surface area contributed by atoms with E-state index >= 15 is 0 Å². The lowest BCUT2D eigenvalue weighted by Crippen LogP contribution is -2.48. The third kappa shape index (κ3) is 5.62. The summed E-state index contributed by atoms with van der Waals surface area (Å²) >= 11 is 0. The standard InChI is InChI=1S/C21H34N2O2.ClH/c1-15(2)14-25-19-8-6-18(7-9-19)21(4,5)20(24)23-12-10-17(11-13-23)16(3)22;/h6-9,15-17H,10-14,22H2,1-5H3;1H. The number of hydrogen-bond donors (Lipinski definition) is 1. The first-order valence-electron chi connectivity index (χ1n) is 9.50. The van der Waals surface area contributed by atoms with Gasteiger partial charge in [-0.05, 0) is 63.1 Å². The topological polar surface area (TPSA) is 55.6 Å². The van der Waals surface area contributed by atoms with Crippen LogP contribution >= 0.6 is 12.4 Å². The minimum Gasteiger partial charge on any atom is -0.493 e. The fourth-order valence-corrected chi connectivity index (χ4v) is 3.38. The Balaban J connectivity index is 0.00000338. The number of ether oxygens (including phenoxy) is 1. The second-order valence-corrected chi connectivity index (χ2v) is 8.34. The molecule has 1 amide bonds. The molecule has 1 aromatic rings. The summed E-state index contributed by atoms with van der Waals surface area (Å²) in [4.78, 5) is 15.1. The number of piperidine rings is 1. The fourth-order valence-electron chi connectivity index (χ4n) is 3.38. The molecular weight excluding hydrogens is 348 g/mol. The number of carbonyl (C=O) groups excluding carboxylic acids is 1. The number of benzene rings is 1. The summed E-state index contributed by atoms with van der Waals surface area (Å²) in [6, 6.07) is 8.18. The first-order chi connectivity index (χ1) is 11.7. The highest BCUT2D eigenvalue weighted by Gasteiger charge is 2.35. The molecule has 148 valence electrons. The van der Waals surface area contributed by atoms with E-state index in [9.17, 15) is 4.79 Å². The molecule has 2 rings (SSSR count). The van der Waals surface area contributed by atoms with Crippen molar-refractivity contribution in [2.75, 3.05) is 19.7 Å². The van der Waals surface area contributed by atoms with E-state index < -0.39 is 5.41 Å². The molecule has 1 unspecified atom stereocenters. The predicted octanol–water partition coefficient (Wildman–Crippen LogP) is 4.01. The summed E-state index contributed by atoms with van der Waals surface area (Å²) in [5.74, 6) is 2.09. The third-order valence-corrected chi connectivity index (χ3v) is 5.26. The first kappa shape index (κ1) is 22.8. The maximum absolute atomic E-state index is 13.1. The van der Waals surface area contributed by atoms with Crippen LogP contribution in [0.1, 0.15) is 53.0 Å². The van der Waals surface area contributed by atoms with Gasteiger partial charge in [0.05, 0.1) is 12.0 Å². The van der Waals surface area contributed by atoms with Crippen molar-refractivity contribution in [1.82, 2.24) is 4.90 Å². The second kappa shape index (κ2) is 9.61. The molecule has 1 saturated heterocycles. The highest BCUT2D eigenvalue weighted by molar-refractivity contribution is 5.87. The van der Waals surface area contributed by atoms with Gasteiger partial charge in [-0.1, -0.05) is 26.0 Å². The van der Waals surface area contributed by atoms with Crippen LogP contribution in [0.3, 0.4) is 0 Å². The smallest absolute Gasteiger partial charge is 0.232 e. The largest absolute Gasteiger partial charge is 0.493 e. The molecule has 2 N–H and O–H groups in total. The van der Waals surface area contributed by atoms with Crippen molar-refractivity contribution in [3.63, 3.8) is 0 Å². The van der Waals surface area contributed by atoms with Gasteiger partial charge in [0.1, 0.15) is 5.75 Å². The van der Waals surface area contributed by atoms with Gasteiger partial charge in [-0.2, -0.15) is 0 Å². The zero-order chi connectivity index (χ0) is 18.6. The summed E-state index contributed by atoms with van der Waals surface area (Å²) < 4.78 is 5.74. The molecule has 5 heteroatoms. The molecule has 1 heterocycles. The van der Waals surface area contributed by atoms with Crippen molar-refractivity contribution in [2.24, 2.45) is 17.6 Å². The van der Waals surface area contributed by atoms with Gasteiger partial charge in [0.15, 0.2) is 0 Å². The predicted molar refractivity (Wildman–Crippen MR) is 110 cm³/mol. The van der Waals surface area contributed by atoms with Crippen molar-refractivity contribution in [2.45, 2.75) is 58.9 Å². The zero-order valence-corrected chi connectivity index (χ0v) is 17.6. The molecular formula is C21H35ClN2O2. The molecule has 1 fully saturated rings. The second-order valence-electron chi connectivity index (χ2n) is 8.34. The van der Waals surface area contributed by atoms with Crippen LogP contribution in [0, 0.1) is 11.8 Å². The van der Waals surface area contributed by atoms with Crippen LogP contribution in [0.4, 0.5) is 0 Å². The average molecular weight is 383 g/mol. The number of amides is 1. The van der Waals surface area contributed by atoms with E-state index in [0.29, 0.717) is 18.4 Å². The van der Waals surface area contributed by atoms with Crippen LogP contribution in [0.15, 0.2) is 24.3 Å². The molecule has 0 spiro atoms. The van der Waals surface area contributed by atoms with Gasteiger partial charge in [0, 0.05) is 19.1 Å². The van der Waals surface area contributed by atoms with Gasteiger partial charge in [0.25, 0.3) is 0 Å². The number of rotatable bonds is 6. The quantitative estimate of drug-likeness (QED) is 0.808. The molecule has 26 heavy (non-hydrogen) atoms. The minimum absolute atomic E-state index is 0. The van der Waals surface area contributed by atoms with Crippen molar-refractivity contribution in [3.8, 4) is 5.75 Å². The Morgan fingerprint density at radius 2 is 1.73 bits per heavy atom. The molecule has 4 nitrogen and oxygen atoms in total. The minimum atomic E-state index is -0.530. The summed E-state index contributed by atoms with van der Waals surface area (Å²) in [5.41, 5.74) is 6.51. The lowest BCUT2D eigenvalue weighted by molar-refractivity contribution is -0.137. The van der Waals surface area contributed by atoms with Gasteiger partial charge in [-0.15, -0.1) is 12.4 Å². The highest BCUT2D eigenvalue weighted by atomic mass is 35.5. The summed E-state index contributed by atoms with van der Waals surface area (Å²) in [6.45, 7) is 12.7. The van der Waals surface area contributed by atoms with Crippen LogP contribution in [-0.4, -0.2) is 36.5 Å². The van der Waals surface area contributed by atoms with E-state index in [2.05, 4.69) is 20.8 Å². The monoisotopic (exact) mass is 382 g/mol. The maximum atomic E-state index is 13.1. The number of halogens is 1. The van der Waals surface area contributed by atoms with Gasteiger partial charge < -0.3 is 15.4 Å². The van der Waals surface area contributed by atoms with Crippen molar-refractivity contribution >= 4 is 18.3 Å². The third-order valence-electron chi connectivity index (χ3n) is 5.26. The van der Waals surface area contributed by atoms with E-state index in [0.717, 1.165) is 37.2 Å². The number of nitrogens with two attached hydrogens (primary N) is 1. The molecule has 0 bridgehead atoms. The van der Waals surface area contributed by atoms with Crippen LogP contribution in [0.2, 0.25) is 0 Å².